The summed E-state index contributed by atoms with van der Waals surface area (Å²) < 4.78 is 40.3. The summed E-state index contributed by atoms with van der Waals surface area (Å²) in [5, 5.41) is 0.674. The molecule has 0 aliphatic carbocycles. The Hall–Kier alpha value is -2.47. The molecule has 3 nitrogen and oxygen atoms in total. The number of rotatable bonds is 4. The second-order valence-electron chi connectivity index (χ2n) is 6.94. The minimum absolute atomic E-state index is 0.378. The number of para-hydroxylation sites is 2. The van der Waals surface area contributed by atoms with Crippen LogP contribution in [0.5, 0.6) is 0 Å². The van der Waals surface area contributed by atoms with E-state index in [1.807, 2.05) is 18.2 Å². The van der Waals surface area contributed by atoms with Crippen LogP contribution in [0.25, 0.3) is 10.9 Å². The summed E-state index contributed by atoms with van der Waals surface area (Å²) in [5.41, 5.74) is 1.53. The molecule has 0 amide bonds. The molecule has 0 bridgehead atoms. The Kier molecular flexibility index (Phi) is 4.83. The molecule has 1 saturated heterocycles. The monoisotopic (exact) mass is 373 g/mol. The lowest BCUT2D eigenvalue weighted by Gasteiger charge is -2.36. The number of benzene rings is 2. The second-order valence-corrected chi connectivity index (χ2v) is 6.94. The Balaban J connectivity index is 1.44. The molecule has 0 radical (unpaired) electrons. The van der Waals surface area contributed by atoms with Crippen molar-refractivity contribution in [3.63, 3.8) is 0 Å². The zero-order valence-corrected chi connectivity index (χ0v) is 15.0. The minimum atomic E-state index is -4.36. The fourth-order valence-electron chi connectivity index (χ4n) is 3.84. The van der Waals surface area contributed by atoms with E-state index in [-0.39, 0.29) is 0 Å². The molecule has 0 unspecified atom stereocenters. The zero-order chi connectivity index (χ0) is 18.9. The number of halogens is 3. The second kappa shape index (κ2) is 7.27. The molecule has 2 heterocycles. The number of aromatic nitrogens is 1. The van der Waals surface area contributed by atoms with Gasteiger partial charge in [-0.15, -0.1) is 0 Å². The predicted octanol–water partition coefficient (Wildman–Crippen LogP) is 4.55. The first-order valence-electron chi connectivity index (χ1n) is 9.21. The molecule has 0 atom stereocenters. The number of aromatic amines is 1. The number of hydrogen-bond donors (Lipinski definition) is 1. The first-order valence-corrected chi connectivity index (χ1v) is 9.21. The molecular weight excluding hydrogens is 351 g/mol. The number of anilines is 1. The molecule has 0 saturated carbocycles. The van der Waals surface area contributed by atoms with E-state index in [1.54, 1.807) is 24.3 Å². The van der Waals surface area contributed by atoms with Gasteiger partial charge in [0, 0.05) is 49.3 Å². The molecule has 27 heavy (non-hydrogen) atoms. The normalized spacial score (nSPS) is 16.2. The number of hydrogen-bond acceptors (Lipinski definition) is 2. The topological polar surface area (TPSA) is 22.3 Å². The number of fused-ring (bicyclic) bond motifs is 1. The summed E-state index contributed by atoms with van der Waals surface area (Å²) >= 11 is 0. The maximum atomic E-state index is 13.4. The van der Waals surface area contributed by atoms with Crippen molar-refractivity contribution in [2.24, 2.45) is 0 Å². The van der Waals surface area contributed by atoms with Gasteiger partial charge in [0.1, 0.15) is 5.69 Å². The molecule has 1 fully saturated rings. The molecule has 2 aromatic carbocycles. The van der Waals surface area contributed by atoms with Crippen LogP contribution in [-0.4, -0.2) is 42.6 Å². The van der Waals surface area contributed by atoms with Gasteiger partial charge >= 0.3 is 6.18 Å². The molecule has 4 rings (SSSR count). The fourth-order valence-corrected chi connectivity index (χ4v) is 3.84. The van der Waals surface area contributed by atoms with Gasteiger partial charge in [0.05, 0.1) is 0 Å². The molecule has 3 aromatic rings. The highest BCUT2D eigenvalue weighted by atomic mass is 19.4. The lowest BCUT2D eigenvalue weighted by molar-refractivity contribution is -0.141. The molecule has 0 spiro atoms. The molecule has 142 valence electrons. The van der Waals surface area contributed by atoms with Crippen molar-refractivity contribution >= 4 is 16.6 Å². The lowest BCUT2D eigenvalue weighted by atomic mass is 10.1. The van der Waals surface area contributed by atoms with Crippen LogP contribution in [0.1, 0.15) is 11.3 Å². The maximum Gasteiger partial charge on any atom is 0.431 e. The smallest absolute Gasteiger partial charge is 0.369 e. The maximum absolute atomic E-state index is 13.4. The van der Waals surface area contributed by atoms with Crippen LogP contribution in [-0.2, 0) is 12.6 Å². The number of H-pyrrole nitrogens is 1. The number of piperazine rings is 1. The third-order valence-electron chi connectivity index (χ3n) is 5.27. The van der Waals surface area contributed by atoms with Gasteiger partial charge in [-0.3, -0.25) is 4.90 Å². The Bertz CT molecular complexity index is 894. The van der Waals surface area contributed by atoms with Crippen molar-refractivity contribution in [1.82, 2.24) is 9.88 Å². The lowest BCUT2D eigenvalue weighted by Crippen LogP contribution is -2.47. The highest BCUT2D eigenvalue weighted by molar-refractivity contribution is 5.84. The Morgan fingerprint density at radius 1 is 0.852 bits per heavy atom. The van der Waals surface area contributed by atoms with Crippen LogP contribution < -0.4 is 4.90 Å². The van der Waals surface area contributed by atoms with Crippen molar-refractivity contribution in [2.45, 2.75) is 12.6 Å². The first-order chi connectivity index (χ1) is 13.0. The average Bonchev–Trinajstić information content (AvgIpc) is 3.07. The highest BCUT2D eigenvalue weighted by Crippen LogP contribution is 2.35. The van der Waals surface area contributed by atoms with Crippen molar-refractivity contribution in [3.05, 3.63) is 65.9 Å². The van der Waals surface area contributed by atoms with E-state index in [9.17, 15) is 13.2 Å². The number of nitrogens with zero attached hydrogens (tertiary/aromatic N) is 2. The van der Waals surface area contributed by atoms with E-state index < -0.39 is 11.9 Å². The summed E-state index contributed by atoms with van der Waals surface area (Å²) in [6.07, 6.45) is -3.97. The zero-order valence-electron chi connectivity index (χ0n) is 15.0. The van der Waals surface area contributed by atoms with Crippen LogP contribution in [0.2, 0.25) is 0 Å². The minimum Gasteiger partial charge on any atom is -0.369 e. The van der Waals surface area contributed by atoms with E-state index in [0.717, 1.165) is 26.2 Å². The molecule has 1 N–H and O–H groups in total. The van der Waals surface area contributed by atoms with Gasteiger partial charge in [0.15, 0.2) is 0 Å². The summed E-state index contributed by atoms with van der Waals surface area (Å²) in [6.45, 7) is 4.14. The summed E-state index contributed by atoms with van der Waals surface area (Å²) in [4.78, 5) is 7.14. The molecular formula is C21H22F3N3. The third kappa shape index (κ3) is 3.81. The van der Waals surface area contributed by atoms with Crippen molar-refractivity contribution in [3.8, 4) is 0 Å². The fraction of sp³-hybridized carbons (Fsp3) is 0.333. The summed E-state index contributed by atoms with van der Waals surface area (Å²) in [6, 6.07) is 17.3. The van der Waals surface area contributed by atoms with E-state index in [4.69, 9.17) is 0 Å². The predicted molar refractivity (Wildman–Crippen MR) is 102 cm³/mol. The standard InChI is InChI=1S/C21H22F3N3/c22-21(23,24)20-18(17-8-4-5-9-19(17)25-20)10-11-26-12-14-27(15-13-26)16-6-2-1-3-7-16/h1-9,25H,10-15H2. The first kappa shape index (κ1) is 17.9. The van der Waals surface area contributed by atoms with Crippen LogP contribution >= 0.6 is 0 Å². The van der Waals surface area contributed by atoms with Crippen molar-refractivity contribution in [1.29, 1.82) is 0 Å². The summed E-state index contributed by atoms with van der Waals surface area (Å²) in [5.74, 6) is 0. The van der Waals surface area contributed by atoms with Crippen LogP contribution in [0.3, 0.4) is 0 Å². The van der Waals surface area contributed by atoms with Crippen LogP contribution in [0.4, 0.5) is 18.9 Å². The quantitative estimate of drug-likeness (QED) is 0.725. The van der Waals surface area contributed by atoms with Gasteiger partial charge < -0.3 is 9.88 Å². The number of alkyl halides is 3. The Morgan fingerprint density at radius 3 is 2.22 bits per heavy atom. The van der Waals surface area contributed by atoms with Gasteiger partial charge in [0.25, 0.3) is 0 Å². The van der Waals surface area contributed by atoms with Gasteiger partial charge in [-0.05, 0) is 30.2 Å². The van der Waals surface area contributed by atoms with Gasteiger partial charge in [0.2, 0.25) is 0 Å². The molecule has 6 heteroatoms. The summed E-state index contributed by atoms with van der Waals surface area (Å²) in [7, 11) is 0. The Morgan fingerprint density at radius 2 is 1.52 bits per heavy atom. The largest absolute Gasteiger partial charge is 0.431 e. The van der Waals surface area contributed by atoms with Gasteiger partial charge in [-0.25, -0.2) is 0 Å². The van der Waals surface area contributed by atoms with E-state index in [1.165, 1.54) is 5.69 Å². The number of nitrogens with one attached hydrogen (secondary N) is 1. The van der Waals surface area contributed by atoms with E-state index >= 15 is 0 Å². The average molecular weight is 373 g/mol. The Labute approximate surface area is 156 Å². The van der Waals surface area contributed by atoms with Gasteiger partial charge in [-0.2, -0.15) is 13.2 Å². The van der Waals surface area contributed by atoms with E-state index in [0.29, 0.717) is 29.4 Å². The van der Waals surface area contributed by atoms with Crippen LogP contribution in [0, 0.1) is 0 Å². The van der Waals surface area contributed by atoms with Crippen molar-refractivity contribution < 1.29 is 13.2 Å². The molecule has 1 aromatic heterocycles. The SMILES string of the molecule is FC(F)(F)c1[nH]c2ccccc2c1CCN1CCN(c2ccccc2)CC1. The molecule has 1 aliphatic rings. The van der Waals surface area contributed by atoms with Gasteiger partial charge in [-0.1, -0.05) is 36.4 Å². The van der Waals surface area contributed by atoms with Crippen molar-refractivity contribution in [2.75, 3.05) is 37.6 Å². The highest BCUT2D eigenvalue weighted by Gasteiger charge is 2.36. The van der Waals surface area contributed by atoms with E-state index in [2.05, 4.69) is 26.9 Å². The van der Waals surface area contributed by atoms with Crippen LogP contribution in [0.15, 0.2) is 54.6 Å². The molecule has 1 aliphatic heterocycles. The third-order valence-corrected chi connectivity index (χ3v) is 5.27.